The highest BCUT2D eigenvalue weighted by Gasteiger charge is 2.06. The van der Waals surface area contributed by atoms with E-state index in [-0.39, 0.29) is 36.9 Å². The zero-order valence-corrected chi connectivity index (χ0v) is 8.55. The van der Waals surface area contributed by atoms with Crippen molar-refractivity contribution in [3.63, 3.8) is 0 Å². The van der Waals surface area contributed by atoms with Crippen molar-refractivity contribution in [1.29, 1.82) is 0 Å². The summed E-state index contributed by atoms with van der Waals surface area (Å²) >= 11 is 0. The highest BCUT2D eigenvalue weighted by Crippen LogP contribution is 1.91. The molecular weight excluding hydrogens is 182 g/mol. The molecule has 0 bridgehead atoms. The molecule has 0 spiro atoms. The summed E-state index contributed by atoms with van der Waals surface area (Å²) in [5, 5.41) is 2.52. The molecule has 14 heavy (non-hydrogen) atoms. The lowest BCUT2D eigenvalue weighted by molar-refractivity contribution is -0.125. The molecule has 78 valence electrons. The van der Waals surface area contributed by atoms with Crippen LogP contribution >= 0.6 is 0 Å². The van der Waals surface area contributed by atoms with Crippen molar-refractivity contribution in [2.24, 2.45) is 0 Å². The number of amides is 1. The van der Waals surface area contributed by atoms with Crippen LogP contribution in [0.15, 0.2) is 12.2 Å². The van der Waals surface area contributed by atoms with Crippen molar-refractivity contribution in [3.8, 4) is 0 Å². The summed E-state index contributed by atoms with van der Waals surface area (Å²) in [6.07, 6.45) is 0.140. The Morgan fingerprint density at radius 1 is 1.21 bits per heavy atom. The van der Waals surface area contributed by atoms with Crippen LogP contribution in [0.3, 0.4) is 0 Å². The maximum absolute atomic E-state index is 11.0. The SMILES string of the molecule is C=C(C)C(=O)NCCC(=O)CC(C)=O. The van der Waals surface area contributed by atoms with E-state index in [0.717, 1.165) is 0 Å². The number of rotatable bonds is 6. The summed E-state index contributed by atoms with van der Waals surface area (Å²) in [7, 11) is 0. The molecule has 0 unspecified atom stereocenters. The van der Waals surface area contributed by atoms with Gasteiger partial charge in [0.05, 0.1) is 6.42 Å². The van der Waals surface area contributed by atoms with Gasteiger partial charge in [0.1, 0.15) is 11.6 Å². The highest BCUT2D eigenvalue weighted by molar-refractivity contribution is 5.98. The van der Waals surface area contributed by atoms with Crippen LogP contribution in [-0.2, 0) is 14.4 Å². The Morgan fingerprint density at radius 2 is 1.79 bits per heavy atom. The number of carbonyl (C=O) groups excluding carboxylic acids is 3. The molecule has 0 aliphatic carbocycles. The Morgan fingerprint density at radius 3 is 2.21 bits per heavy atom. The van der Waals surface area contributed by atoms with E-state index >= 15 is 0 Å². The molecular formula is C10H15NO3. The molecule has 0 atom stereocenters. The number of hydrogen-bond donors (Lipinski definition) is 1. The van der Waals surface area contributed by atoms with Crippen molar-refractivity contribution < 1.29 is 14.4 Å². The molecule has 1 amide bonds. The maximum Gasteiger partial charge on any atom is 0.246 e. The molecule has 0 fully saturated rings. The van der Waals surface area contributed by atoms with Crippen LogP contribution in [-0.4, -0.2) is 24.0 Å². The average Bonchev–Trinajstić information content (AvgIpc) is 2.02. The van der Waals surface area contributed by atoms with Crippen LogP contribution in [0.25, 0.3) is 0 Å². The molecule has 0 aromatic carbocycles. The normalized spacial score (nSPS) is 9.29. The third-order valence-corrected chi connectivity index (χ3v) is 1.52. The summed E-state index contributed by atoms with van der Waals surface area (Å²) in [6.45, 7) is 6.67. The highest BCUT2D eigenvalue weighted by atomic mass is 16.2. The molecule has 0 radical (unpaired) electrons. The van der Waals surface area contributed by atoms with E-state index in [2.05, 4.69) is 11.9 Å². The van der Waals surface area contributed by atoms with Gasteiger partial charge in [-0.2, -0.15) is 0 Å². The Balaban J connectivity index is 3.64. The molecule has 0 rings (SSSR count). The number of nitrogens with one attached hydrogen (secondary N) is 1. The fourth-order valence-corrected chi connectivity index (χ4v) is 0.832. The van der Waals surface area contributed by atoms with Crippen molar-refractivity contribution in [2.75, 3.05) is 6.54 Å². The van der Waals surface area contributed by atoms with E-state index < -0.39 is 0 Å². The first kappa shape index (κ1) is 12.6. The second-order valence-corrected chi connectivity index (χ2v) is 3.20. The summed E-state index contributed by atoms with van der Waals surface area (Å²) < 4.78 is 0. The molecule has 4 heteroatoms. The second kappa shape index (κ2) is 6.07. The van der Waals surface area contributed by atoms with Gasteiger partial charge in [0.2, 0.25) is 5.91 Å². The predicted octanol–water partition coefficient (Wildman–Crippen LogP) is 0.617. The van der Waals surface area contributed by atoms with Gasteiger partial charge in [-0.1, -0.05) is 6.58 Å². The molecule has 0 aromatic rings. The van der Waals surface area contributed by atoms with Crippen molar-refractivity contribution >= 4 is 17.5 Å². The van der Waals surface area contributed by atoms with Crippen LogP contribution in [0.5, 0.6) is 0 Å². The van der Waals surface area contributed by atoms with Gasteiger partial charge in [-0.3, -0.25) is 14.4 Å². The minimum absolute atomic E-state index is 0.0526. The molecule has 0 saturated carbocycles. The van der Waals surface area contributed by atoms with Crippen LogP contribution < -0.4 is 5.32 Å². The maximum atomic E-state index is 11.0. The quantitative estimate of drug-likeness (QED) is 0.501. The van der Waals surface area contributed by atoms with Crippen LogP contribution in [0, 0.1) is 0 Å². The number of Topliss-reactive ketones (excluding diaryl/α,β-unsaturated/α-hetero) is 2. The Hall–Kier alpha value is -1.45. The zero-order chi connectivity index (χ0) is 11.1. The van der Waals surface area contributed by atoms with Gasteiger partial charge < -0.3 is 5.32 Å². The molecule has 0 aliphatic heterocycles. The summed E-state index contributed by atoms with van der Waals surface area (Å²) in [4.78, 5) is 32.5. The minimum atomic E-state index is -0.263. The van der Waals surface area contributed by atoms with Crippen LogP contribution in [0.2, 0.25) is 0 Å². The second-order valence-electron chi connectivity index (χ2n) is 3.20. The third-order valence-electron chi connectivity index (χ3n) is 1.52. The summed E-state index contributed by atoms with van der Waals surface area (Å²) in [6, 6.07) is 0. The van der Waals surface area contributed by atoms with Gasteiger partial charge in [0.15, 0.2) is 0 Å². The monoisotopic (exact) mass is 197 g/mol. The van der Waals surface area contributed by atoms with E-state index in [0.29, 0.717) is 5.57 Å². The Kier molecular flexibility index (Phi) is 5.44. The standard InChI is InChI=1S/C10H15NO3/c1-7(2)10(14)11-5-4-9(13)6-8(3)12/h1,4-6H2,2-3H3,(H,11,14). The van der Waals surface area contributed by atoms with Crippen LogP contribution in [0.4, 0.5) is 0 Å². The smallest absolute Gasteiger partial charge is 0.246 e. The number of ketones is 2. The number of carbonyl (C=O) groups is 3. The summed E-state index contributed by atoms with van der Waals surface area (Å²) in [5.74, 6) is -0.568. The van der Waals surface area contributed by atoms with Gasteiger partial charge in [0.25, 0.3) is 0 Å². The lowest BCUT2D eigenvalue weighted by Gasteiger charge is -2.02. The van der Waals surface area contributed by atoms with Crippen LogP contribution in [0.1, 0.15) is 26.7 Å². The minimum Gasteiger partial charge on any atom is -0.352 e. The Bertz CT molecular complexity index is 269. The van der Waals surface area contributed by atoms with Gasteiger partial charge >= 0.3 is 0 Å². The molecule has 1 N–H and O–H groups in total. The summed E-state index contributed by atoms with van der Waals surface area (Å²) in [5.41, 5.74) is 0.406. The molecule has 0 heterocycles. The van der Waals surface area contributed by atoms with Gasteiger partial charge in [-0.15, -0.1) is 0 Å². The zero-order valence-electron chi connectivity index (χ0n) is 8.55. The van der Waals surface area contributed by atoms with Gasteiger partial charge in [0, 0.05) is 18.5 Å². The van der Waals surface area contributed by atoms with Crippen molar-refractivity contribution in [2.45, 2.75) is 26.7 Å². The first-order valence-corrected chi connectivity index (χ1v) is 4.38. The third kappa shape index (κ3) is 6.11. The van der Waals surface area contributed by atoms with E-state index in [1.54, 1.807) is 6.92 Å². The topological polar surface area (TPSA) is 63.2 Å². The van der Waals surface area contributed by atoms with E-state index in [9.17, 15) is 14.4 Å². The van der Waals surface area contributed by atoms with Crippen molar-refractivity contribution in [3.05, 3.63) is 12.2 Å². The molecule has 4 nitrogen and oxygen atoms in total. The molecule has 0 aliphatic rings. The average molecular weight is 197 g/mol. The number of hydrogen-bond acceptors (Lipinski definition) is 3. The predicted molar refractivity (Wildman–Crippen MR) is 52.7 cm³/mol. The first-order valence-electron chi connectivity index (χ1n) is 4.38. The van der Waals surface area contributed by atoms with Crippen molar-refractivity contribution in [1.82, 2.24) is 5.32 Å². The van der Waals surface area contributed by atoms with E-state index in [1.165, 1.54) is 6.92 Å². The Labute approximate surface area is 83.4 Å². The fraction of sp³-hybridized carbons (Fsp3) is 0.500. The largest absolute Gasteiger partial charge is 0.352 e. The van der Waals surface area contributed by atoms with Gasteiger partial charge in [-0.05, 0) is 13.8 Å². The van der Waals surface area contributed by atoms with Gasteiger partial charge in [-0.25, -0.2) is 0 Å². The first-order chi connectivity index (χ1) is 6.43. The van der Waals surface area contributed by atoms with E-state index in [1.807, 2.05) is 0 Å². The fourth-order valence-electron chi connectivity index (χ4n) is 0.832. The molecule has 0 aromatic heterocycles. The van der Waals surface area contributed by atoms with E-state index in [4.69, 9.17) is 0 Å². The lowest BCUT2D eigenvalue weighted by Crippen LogP contribution is -2.26. The lowest BCUT2D eigenvalue weighted by atomic mass is 10.1. The molecule has 0 saturated heterocycles.